The van der Waals surface area contributed by atoms with Crippen LogP contribution in [0.3, 0.4) is 0 Å². The molecular formula is C28H45F. The Bertz CT molecular complexity index is 576. The van der Waals surface area contributed by atoms with Crippen molar-refractivity contribution in [1.82, 2.24) is 0 Å². The van der Waals surface area contributed by atoms with Crippen molar-refractivity contribution in [3.8, 4) is 0 Å². The van der Waals surface area contributed by atoms with Crippen LogP contribution in [-0.2, 0) is 12.8 Å². The third-order valence-corrected chi connectivity index (χ3v) is 8.15. The molecule has 0 nitrogen and oxygen atoms in total. The van der Waals surface area contributed by atoms with Crippen molar-refractivity contribution in [2.24, 2.45) is 23.7 Å². The molecule has 2 fully saturated rings. The molecule has 164 valence electrons. The minimum absolute atomic E-state index is 0.0384. The Balaban J connectivity index is 1.37. The number of halogens is 1. The fourth-order valence-corrected chi connectivity index (χ4v) is 6.19. The van der Waals surface area contributed by atoms with Gasteiger partial charge >= 0.3 is 0 Å². The highest BCUT2D eigenvalue weighted by Gasteiger charge is 2.30. The summed E-state index contributed by atoms with van der Waals surface area (Å²) in [6, 6.07) is 6.04. The van der Waals surface area contributed by atoms with Crippen LogP contribution in [-0.4, -0.2) is 0 Å². The highest BCUT2D eigenvalue weighted by molar-refractivity contribution is 5.24. The lowest BCUT2D eigenvalue weighted by atomic mass is 9.68. The smallest absolute Gasteiger partial charge is 0.126 e. The average Bonchev–Trinajstić information content (AvgIpc) is 2.75. The molecule has 1 heteroatoms. The van der Waals surface area contributed by atoms with E-state index in [0.29, 0.717) is 0 Å². The van der Waals surface area contributed by atoms with Gasteiger partial charge in [-0.15, -0.1) is 0 Å². The molecule has 0 unspecified atom stereocenters. The lowest BCUT2D eigenvalue weighted by molar-refractivity contribution is 0.141. The highest BCUT2D eigenvalue weighted by atomic mass is 19.1. The summed E-state index contributed by atoms with van der Waals surface area (Å²) in [6.07, 6.45) is 21.2. The third kappa shape index (κ3) is 7.11. The minimum Gasteiger partial charge on any atom is -0.207 e. The number of benzene rings is 1. The van der Waals surface area contributed by atoms with Crippen molar-refractivity contribution in [3.05, 3.63) is 35.1 Å². The van der Waals surface area contributed by atoms with Crippen LogP contribution in [0.4, 0.5) is 4.39 Å². The van der Waals surface area contributed by atoms with Crippen molar-refractivity contribution in [2.45, 2.75) is 117 Å². The number of unbranched alkanes of at least 4 members (excludes halogenated alkanes) is 2. The summed E-state index contributed by atoms with van der Waals surface area (Å²) < 4.78 is 14.5. The molecule has 0 saturated heterocycles. The molecule has 0 atom stereocenters. The summed E-state index contributed by atoms with van der Waals surface area (Å²) in [5, 5.41) is 0. The van der Waals surface area contributed by atoms with Crippen molar-refractivity contribution >= 4 is 0 Å². The molecule has 0 aromatic heterocycles. The largest absolute Gasteiger partial charge is 0.207 e. The predicted molar refractivity (Wildman–Crippen MR) is 124 cm³/mol. The summed E-state index contributed by atoms with van der Waals surface area (Å²) in [6.45, 7) is 4.55. The zero-order valence-corrected chi connectivity index (χ0v) is 19.2. The van der Waals surface area contributed by atoms with E-state index in [1.807, 2.05) is 0 Å². The van der Waals surface area contributed by atoms with Gasteiger partial charge in [0.05, 0.1) is 0 Å². The van der Waals surface area contributed by atoms with Crippen LogP contribution >= 0.6 is 0 Å². The maximum Gasteiger partial charge on any atom is 0.126 e. The maximum absolute atomic E-state index is 14.5. The van der Waals surface area contributed by atoms with Gasteiger partial charge < -0.3 is 0 Å². The standard InChI is InChI=1S/C28H45F/c1-3-5-6-8-24-14-20-27(28(29)21-24)19-13-23-11-17-26(18-12-23)25-15-9-22(7-4-2)10-16-25/h14,20-23,25-26H,3-13,15-19H2,1-2H3. The third-order valence-electron chi connectivity index (χ3n) is 8.15. The van der Waals surface area contributed by atoms with Gasteiger partial charge in [0.1, 0.15) is 5.82 Å². The molecule has 2 saturated carbocycles. The molecule has 0 radical (unpaired) electrons. The molecule has 0 spiro atoms. The Morgan fingerprint density at radius 3 is 1.90 bits per heavy atom. The second-order valence-corrected chi connectivity index (χ2v) is 10.3. The molecule has 1 aromatic rings. The minimum atomic E-state index is 0.0384. The van der Waals surface area contributed by atoms with Gasteiger partial charge in [0.2, 0.25) is 0 Å². The summed E-state index contributed by atoms with van der Waals surface area (Å²) >= 11 is 0. The topological polar surface area (TPSA) is 0 Å². The van der Waals surface area contributed by atoms with Crippen molar-refractivity contribution in [3.63, 3.8) is 0 Å². The van der Waals surface area contributed by atoms with E-state index >= 15 is 0 Å². The molecule has 0 aliphatic heterocycles. The summed E-state index contributed by atoms with van der Waals surface area (Å²) in [4.78, 5) is 0. The van der Waals surface area contributed by atoms with Crippen molar-refractivity contribution in [2.75, 3.05) is 0 Å². The molecule has 0 heterocycles. The van der Waals surface area contributed by atoms with Crippen molar-refractivity contribution in [1.29, 1.82) is 0 Å². The van der Waals surface area contributed by atoms with E-state index in [9.17, 15) is 4.39 Å². The first-order chi connectivity index (χ1) is 14.2. The maximum atomic E-state index is 14.5. The fraction of sp³-hybridized carbons (Fsp3) is 0.786. The van der Waals surface area contributed by atoms with Gasteiger partial charge in [0.25, 0.3) is 0 Å². The Hall–Kier alpha value is -0.850. The summed E-state index contributed by atoms with van der Waals surface area (Å²) in [7, 11) is 0. The van der Waals surface area contributed by atoms with E-state index in [1.54, 1.807) is 6.07 Å². The van der Waals surface area contributed by atoms with Crippen LogP contribution in [0.15, 0.2) is 18.2 Å². The normalized spacial score (nSPS) is 27.8. The second kappa shape index (κ2) is 12.1. The lowest BCUT2D eigenvalue weighted by Gasteiger charge is -2.38. The monoisotopic (exact) mass is 400 g/mol. The zero-order chi connectivity index (χ0) is 20.5. The SMILES string of the molecule is CCCCCc1ccc(CCC2CCC(C3CCC(CCC)CC3)CC2)c(F)c1. The quantitative estimate of drug-likeness (QED) is 0.344. The molecule has 0 N–H and O–H groups in total. The van der Waals surface area contributed by atoms with Gasteiger partial charge in [0, 0.05) is 0 Å². The molecule has 2 aliphatic rings. The van der Waals surface area contributed by atoms with E-state index in [1.165, 1.54) is 95.5 Å². The lowest BCUT2D eigenvalue weighted by Crippen LogP contribution is -2.26. The predicted octanol–water partition coefficient (Wildman–Crippen LogP) is 8.90. The number of hydrogen-bond acceptors (Lipinski definition) is 0. The first-order valence-corrected chi connectivity index (χ1v) is 13.0. The second-order valence-electron chi connectivity index (χ2n) is 10.3. The van der Waals surface area contributed by atoms with E-state index in [-0.39, 0.29) is 5.82 Å². The fourth-order valence-electron chi connectivity index (χ4n) is 6.19. The van der Waals surface area contributed by atoms with Crippen LogP contribution in [0.1, 0.15) is 115 Å². The van der Waals surface area contributed by atoms with Crippen LogP contribution in [0.25, 0.3) is 0 Å². The number of aryl methyl sites for hydroxylation is 2. The van der Waals surface area contributed by atoms with E-state index < -0.39 is 0 Å². The highest BCUT2D eigenvalue weighted by Crippen LogP contribution is 2.43. The Morgan fingerprint density at radius 1 is 0.724 bits per heavy atom. The zero-order valence-electron chi connectivity index (χ0n) is 19.2. The number of rotatable bonds is 10. The molecule has 2 aliphatic carbocycles. The molecule has 29 heavy (non-hydrogen) atoms. The van der Waals surface area contributed by atoms with Crippen molar-refractivity contribution < 1.29 is 4.39 Å². The van der Waals surface area contributed by atoms with Gasteiger partial charge in [0.15, 0.2) is 0 Å². The molecule has 1 aromatic carbocycles. The van der Waals surface area contributed by atoms with Gasteiger partial charge in [-0.05, 0) is 92.2 Å². The summed E-state index contributed by atoms with van der Waals surface area (Å²) in [5.41, 5.74) is 2.12. The van der Waals surface area contributed by atoms with Crippen LogP contribution in [0.5, 0.6) is 0 Å². The van der Waals surface area contributed by atoms with Gasteiger partial charge in [-0.2, -0.15) is 0 Å². The van der Waals surface area contributed by atoms with Crippen LogP contribution in [0.2, 0.25) is 0 Å². The van der Waals surface area contributed by atoms with Gasteiger partial charge in [-0.1, -0.05) is 77.3 Å². The molecule has 3 rings (SSSR count). The Morgan fingerprint density at radius 2 is 1.34 bits per heavy atom. The molecule has 0 amide bonds. The Kier molecular flexibility index (Phi) is 9.53. The van der Waals surface area contributed by atoms with Gasteiger partial charge in [-0.3, -0.25) is 0 Å². The first kappa shape index (κ1) is 22.8. The summed E-state index contributed by atoms with van der Waals surface area (Å²) in [5.74, 6) is 3.90. The van der Waals surface area contributed by atoms with Crippen LogP contribution < -0.4 is 0 Å². The number of hydrogen-bond donors (Lipinski definition) is 0. The molecular weight excluding hydrogens is 355 g/mol. The first-order valence-electron chi connectivity index (χ1n) is 13.0. The average molecular weight is 401 g/mol. The van der Waals surface area contributed by atoms with E-state index in [0.717, 1.165) is 42.1 Å². The van der Waals surface area contributed by atoms with Crippen LogP contribution in [0, 0.1) is 29.5 Å². The van der Waals surface area contributed by atoms with E-state index in [4.69, 9.17) is 0 Å². The van der Waals surface area contributed by atoms with Gasteiger partial charge in [-0.25, -0.2) is 4.39 Å². The Labute approximate surface area is 180 Å². The molecule has 0 bridgehead atoms. The van der Waals surface area contributed by atoms with E-state index in [2.05, 4.69) is 26.0 Å².